The van der Waals surface area contributed by atoms with Gasteiger partial charge in [0, 0.05) is 19.0 Å². The number of carbonyl (C=O) groups excluding carboxylic acids is 2. The van der Waals surface area contributed by atoms with Crippen LogP contribution in [0, 0.1) is 12.7 Å². The molecule has 1 N–H and O–H groups in total. The summed E-state index contributed by atoms with van der Waals surface area (Å²) in [5, 5.41) is 3.18. The van der Waals surface area contributed by atoms with E-state index in [0.717, 1.165) is 42.4 Å². The number of amides is 2. The number of carbonyl (C=O) groups is 2. The lowest BCUT2D eigenvalue weighted by Gasteiger charge is -2.32. The maximum absolute atomic E-state index is 14.1. The summed E-state index contributed by atoms with van der Waals surface area (Å²) in [6.45, 7) is 1.87. The highest BCUT2D eigenvalue weighted by atomic mass is 19.1. The normalized spacial score (nSPS) is 14.3. The van der Waals surface area contributed by atoms with Crippen molar-refractivity contribution in [3.8, 4) is 5.75 Å². The van der Waals surface area contributed by atoms with E-state index in [9.17, 15) is 14.0 Å². The topological polar surface area (TPSA) is 58.6 Å². The summed E-state index contributed by atoms with van der Waals surface area (Å²) in [5.74, 6) is -1.06. The summed E-state index contributed by atoms with van der Waals surface area (Å²) in [5.41, 5.74) is 2.94. The van der Waals surface area contributed by atoms with E-state index in [1.807, 2.05) is 61.5 Å². The first-order valence-electron chi connectivity index (χ1n) is 12.6. The number of nitrogens with one attached hydrogen (secondary N) is 1. The molecular formula is C30H33FN2O3. The van der Waals surface area contributed by atoms with Crippen LogP contribution in [0.4, 0.5) is 4.39 Å². The van der Waals surface area contributed by atoms with E-state index in [4.69, 9.17) is 4.74 Å². The number of aryl methyl sites for hydroxylation is 1. The Morgan fingerprint density at radius 3 is 2.39 bits per heavy atom. The van der Waals surface area contributed by atoms with Gasteiger partial charge in [0.2, 0.25) is 5.91 Å². The van der Waals surface area contributed by atoms with Gasteiger partial charge in [-0.2, -0.15) is 0 Å². The quantitative estimate of drug-likeness (QED) is 0.426. The fraction of sp³-hybridized carbons (Fsp3) is 0.333. The molecule has 1 aliphatic carbocycles. The third-order valence-electron chi connectivity index (χ3n) is 6.60. The summed E-state index contributed by atoms with van der Waals surface area (Å²) in [4.78, 5) is 28.8. The highest BCUT2D eigenvalue weighted by Gasteiger charge is 2.32. The fourth-order valence-electron chi connectivity index (χ4n) is 4.71. The third kappa shape index (κ3) is 6.94. The minimum atomic E-state index is -0.731. The van der Waals surface area contributed by atoms with E-state index in [1.165, 1.54) is 12.1 Å². The maximum atomic E-state index is 14.1. The van der Waals surface area contributed by atoms with Crippen LogP contribution in [0.5, 0.6) is 5.75 Å². The zero-order chi connectivity index (χ0) is 25.3. The van der Waals surface area contributed by atoms with Crippen molar-refractivity contribution >= 4 is 11.8 Å². The number of hydrogen-bond acceptors (Lipinski definition) is 3. The minimum Gasteiger partial charge on any atom is -0.481 e. The fourth-order valence-corrected chi connectivity index (χ4v) is 4.71. The molecule has 0 aromatic heterocycles. The number of rotatable bonds is 10. The number of hydrogen-bond donors (Lipinski definition) is 1. The first-order valence-corrected chi connectivity index (χ1v) is 12.6. The smallest absolute Gasteiger partial charge is 0.261 e. The zero-order valence-corrected chi connectivity index (χ0v) is 20.7. The lowest BCUT2D eigenvalue weighted by Crippen LogP contribution is -2.53. The highest BCUT2D eigenvalue weighted by molar-refractivity contribution is 5.88. The summed E-state index contributed by atoms with van der Waals surface area (Å²) in [6.07, 6.45) is 4.46. The second-order valence-corrected chi connectivity index (χ2v) is 9.43. The van der Waals surface area contributed by atoms with Crippen molar-refractivity contribution in [1.82, 2.24) is 10.2 Å². The van der Waals surface area contributed by atoms with Gasteiger partial charge in [-0.1, -0.05) is 85.1 Å². The van der Waals surface area contributed by atoms with Crippen LogP contribution in [-0.4, -0.2) is 35.4 Å². The lowest BCUT2D eigenvalue weighted by molar-refractivity contribution is -0.143. The summed E-state index contributed by atoms with van der Waals surface area (Å²) in [7, 11) is 0. The predicted molar refractivity (Wildman–Crippen MR) is 138 cm³/mol. The van der Waals surface area contributed by atoms with Crippen molar-refractivity contribution in [3.63, 3.8) is 0 Å². The summed E-state index contributed by atoms with van der Waals surface area (Å²) >= 11 is 0. The Hall–Kier alpha value is -3.67. The van der Waals surface area contributed by atoms with Crippen molar-refractivity contribution in [3.05, 3.63) is 101 Å². The Bertz CT molecular complexity index is 1160. The maximum Gasteiger partial charge on any atom is 0.261 e. The standard InChI is InChI=1S/C30H33FN2O3/c1-22-10-9-13-24(18-22)20-33(29(34)21-36-28-17-8-7-16-26(28)31)27(19-23-11-3-2-4-12-23)30(35)32-25-14-5-6-15-25/h2-4,7-13,16-18,25,27H,5-6,14-15,19-21H2,1H3,(H,32,35)/t27-/m1/s1. The molecule has 6 heteroatoms. The van der Waals surface area contributed by atoms with E-state index < -0.39 is 11.9 Å². The SMILES string of the molecule is Cc1cccc(CN(C(=O)COc2ccccc2F)[C@H](Cc2ccccc2)C(=O)NC2CCCC2)c1. The molecule has 2 amide bonds. The molecule has 188 valence electrons. The van der Waals surface area contributed by atoms with Crippen molar-refractivity contribution in [2.75, 3.05) is 6.61 Å². The zero-order valence-electron chi connectivity index (χ0n) is 20.7. The average molecular weight is 489 g/mol. The van der Waals surface area contributed by atoms with Gasteiger partial charge in [0.05, 0.1) is 0 Å². The molecule has 0 radical (unpaired) electrons. The van der Waals surface area contributed by atoms with Gasteiger partial charge in [0.1, 0.15) is 6.04 Å². The van der Waals surface area contributed by atoms with Gasteiger partial charge in [0.25, 0.3) is 5.91 Å². The molecule has 0 spiro atoms. The van der Waals surface area contributed by atoms with Gasteiger partial charge < -0.3 is 15.0 Å². The van der Waals surface area contributed by atoms with E-state index in [2.05, 4.69) is 5.32 Å². The molecule has 36 heavy (non-hydrogen) atoms. The van der Waals surface area contributed by atoms with Crippen LogP contribution < -0.4 is 10.1 Å². The first-order chi connectivity index (χ1) is 17.5. The van der Waals surface area contributed by atoms with Gasteiger partial charge >= 0.3 is 0 Å². The van der Waals surface area contributed by atoms with Crippen molar-refractivity contribution in [2.24, 2.45) is 0 Å². The Labute approximate surface area is 212 Å². The molecule has 1 saturated carbocycles. The highest BCUT2D eigenvalue weighted by Crippen LogP contribution is 2.21. The number of ether oxygens (including phenoxy) is 1. The van der Waals surface area contributed by atoms with Gasteiger partial charge in [0.15, 0.2) is 18.2 Å². The molecule has 4 rings (SSSR count). The third-order valence-corrected chi connectivity index (χ3v) is 6.60. The van der Waals surface area contributed by atoms with Gasteiger partial charge in [-0.3, -0.25) is 9.59 Å². The van der Waals surface area contributed by atoms with Crippen molar-refractivity contribution in [1.29, 1.82) is 0 Å². The molecule has 3 aromatic rings. The van der Waals surface area contributed by atoms with Crippen LogP contribution in [0.15, 0.2) is 78.9 Å². The Morgan fingerprint density at radius 1 is 0.972 bits per heavy atom. The minimum absolute atomic E-state index is 0.0105. The van der Waals surface area contributed by atoms with Crippen LogP contribution in [-0.2, 0) is 22.6 Å². The van der Waals surface area contributed by atoms with E-state index in [-0.39, 0.29) is 36.8 Å². The number of benzene rings is 3. The molecule has 0 bridgehead atoms. The van der Waals surface area contributed by atoms with Gasteiger partial charge in [-0.05, 0) is 43.0 Å². The lowest BCUT2D eigenvalue weighted by atomic mass is 10.0. The molecular weight excluding hydrogens is 455 g/mol. The van der Waals surface area contributed by atoms with E-state index >= 15 is 0 Å². The van der Waals surface area contributed by atoms with Crippen LogP contribution >= 0.6 is 0 Å². The largest absolute Gasteiger partial charge is 0.481 e. The van der Waals surface area contributed by atoms with Gasteiger partial charge in [-0.15, -0.1) is 0 Å². The summed E-state index contributed by atoms with van der Waals surface area (Å²) < 4.78 is 19.7. The van der Waals surface area contributed by atoms with Crippen LogP contribution in [0.3, 0.4) is 0 Å². The first kappa shape index (κ1) is 25.4. The number of nitrogens with zero attached hydrogens (tertiary/aromatic N) is 1. The molecule has 0 unspecified atom stereocenters. The molecule has 1 fully saturated rings. The Balaban J connectivity index is 1.62. The summed E-state index contributed by atoms with van der Waals surface area (Å²) in [6, 6.07) is 23.0. The van der Waals surface area contributed by atoms with Gasteiger partial charge in [-0.25, -0.2) is 4.39 Å². The molecule has 0 heterocycles. The number of halogens is 1. The van der Waals surface area contributed by atoms with E-state index in [1.54, 1.807) is 17.0 Å². The van der Waals surface area contributed by atoms with Crippen molar-refractivity contribution < 1.29 is 18.7 Å². The van der Waals surface area contributed by atoms with E-state index in [0.29, 0.717) is 6.42 Å². The predicted octanol–water partition coefficient (Wildman–Crippen LogP) is 5.21. The molecule has 1 aliphatic rings. The van der Waals surface area contributed by atoms with Crippen LogP contribution in [0.1, 0.15) is 42.4 Å². The van der Waals surface area contributed by atoms with Crippen molar-refractivity contribution in [2.45, 2.75) is 57.7 Å². The van der Waals surface area contributed by atoms with Crippen LogP contribution in [0.2, 0.25) is 0 Å². The average Bonchev–Trinajstić information content (AvgIpc) is 3.39. The molecule has 3 aromatic carbocycles. The monoisotopic (exact) mass is 488 g/mol. The molecule has 0 aliphatic heterocycles. The molecule has 1 atom stereocenters. The Kier molecular flexibility index (Phi) is 8.71. The van der Waals surface area contributed by atoms with Crippen LogP contribution in [0.25, 0.3) is 0 Å². The molecule has 5 nitrogen and oxygen atoms in total. The molecule has 0 saturated heterocycles. The number of para-hydroxylation sites is 1. The Morgan fingerprint density at radius 2 is 1.67 bits per heavy atom. The second-order valence-electron chi connectivity index (χ2n) is 9.43. The second kappa shape index (κ2) is 12.3.